The number of carboxylic acids is 1. The molecule has 1 fully saturated rings. The van der Waals surface area contributed by atoms with Gasteiger partial charge in [-0.25, -0.2) is 4.79 Å². The number of amides is 1. The van der Waals surface area contributed by atoms with Crippen LogP contribution in [0.2, 0.25) is 0 Å². The Balaban J connectivity index is 1.88. The fourth-order valence-electron chi connectivity index (χ4n) is 2.82. The quantitative estimate of drug-likeness (QED) is 0.890. The van der Waals surface area contributed by atoms with Crippen LogP contribution in [0, 0.1) is 11.8 Å². The molecule has 1 amide bonds. The van der Waals surface area contributed by atoms with Crippen molar-refractivity contribution in [1.82, 2.24) is 5.32 Å². The smallest absolute Gasteiger partial charge is 0.391 e. The van der Waals surface area contributed by atoms with Crippen LogP contribution in [0.15, 0.2) is 24.3 Å². The van der Waals surface area contributed by atoms with Gasteiger partial charge in [-0.2, -0.15) is 13.2 Å². The van der Waals surface area contributed by atoms with Gasteiger partial charge in [0.05, 0.1) is 11.5 Å². The van der Waals surface area contributed by atoms with Crippen LogP contribution in [0.25, 0.3) is 0 Å². The SMILES string of the molecule is O=C(O)c1ccc(CNC(=O)C2CCCC(C(F)(F)F)C2)cc1. The molecule has 1 saturated carbocycles. The third-order valence-corrected chi connectivity index (χ3v) is 4.18. The molecular weight excluding hydrogens is 311 g/mol. The van der Waals surface area contributed by atoms with Gasteiger partial charge in [0.1, 0.15) is 0 Å². The number of carboxylic acid groups (broad SMARTS) is 1. The summed E-state index contributed by atoms with van der Waals surface area (Å²) in [5, 5.41) is 11.4. The van der Waals surface area contributed by atoms with Crippen molar-refractivity contribution in [2.45, 2.75) is 38.4 Å². The number of carbonyl (C=O) groups excluding carboxylic acids is 1. The maximum absolute atomic E-state index is 12.8. The molecule has 0 aromatic heterocycles. The Bertz CT molecular complexity index is 569. The topological polar surface area (TPSA) is 66.4 Å². The number of hydrogen-bond donors (Lipinski definition) is 2. The van der Waals surface area contributed by atoms with Crippen molar-refractivity contribution in [2.24, 2.45) is 11.8 Å². The van der Waals surface area contributed by atoms with E-state index in [9.17, 15) is 22.8 Å². The Morgan fingerprint density at radius 3 is 2.39 bits per heavy atom. The minimum absolute atomic E-state index is 0.0872. The summed E-state index contributed by atoms with van der Waals surface area (Å²) in [5.74, 6) is -3.43. The van der Waals surface area contributed by atoms with Crippen molar-refractivity contribution in [1.29, 1.82) is 0 Å². The molecular formula is C16H18F3NO3. The normalized spacial score (nSPS) is 21.7. The highest BCUT2D eigenvalue weighted by molar-refractivity contribution is 5.87. The van der Waals surface area contributed by atoms with E-state index in [2.05, 4.69) is 5.32 Å². The molecule has 2 N–H and O–H groups in total. The Labute approximate surface area is 131 Å². The fraction of sp³-hybridized carbons (Fsp3) is 0.500. The Kier molecular flexibility index (Phi) is 5.28. The summed E-state index contributed by atoms with van der Waals surface area (Å²) in [7, 11) is 0. The zero-order chi connectivity index (χ0) is 17.0. The van der Waals surface area contributed by atoms with E-state index in [0.29, 0.717) is 18.4 Å². The van der Waals surface area contributed by atoms with Gasteiger partial charge in [-0.1, -0.05) is 18.6 Å². The van der Waals surface area contributed by atoms with Crippen LogP contribution in [0.5, 0.6) is 0 Å². The summed E-state index contributed by atoms with van der Waals surface area (Å²) in [6, 6.07) is 5.99. The van der Waals surface area contributed by atoms with E-state index in [1.165, 1.54) is 12.1 Å². The van der Waals surface area contributed by atoms with Crippen molar-refractivity contribution in [2.75, 3.05) is 0 Å². The van der Waals surface area contributed by atoms with Gasteiger partial charge in [0.15, 0.2) is 0 Å². The lowest BCUT2D eigenvalue weighted by molar-refractivity contribution is -0.186. The van der Waals surface area contributed by atoms with E-state index >= 15 is 0 Å². The standard InChI is InChI=1S/C16H18F3NO3/c17-16(18,19)13-3-1-2-12(8-13)14(21)20-9-10-4-6-11(7-5-10)15(22)23/h4-7,12-13H,1-3,8-9H2,(H,20,21)(H,22,23). The maximum atomic E-state index is 12.8. The second kappa shape index (κ2) is 7.02. The summed E-state index contributed by atoms with van der Waals surface area (Å²) < 4.78 is 38.3. The monoisotopic (exact) mass is 329 g/mol. The molecule has 2 atom stereocenters. The summed E-state index contributed by atoms with van der Waals surface area (Å²) in [6.45, 7) is 0.173. The molecule has 1 aromatic carbocycles. The van der Waals surface area contributed by atoms with Gasteiger partial charge in [0, 0.05) is 12.5 Å². The lowest BCUT2D eigenvalue weighted by atomic mass is 9.80. The number of aromatic carboxylic acids is 1. The van der Waals surface area contributed by atoms with Gasteiger partial charge in [-0.05, 0) is 37.0 Å². The second-order valence-corrected chi connectivity index (χ2v) is 5.82. The first-order valence-electron chi connectivity index (χ1n) is 7.44. The zero-order valence-electron chi connectivity index (χ0n) is 12.4. The molecule has 2 rings (SSSR count). The number of halogens is 3. The molecule has 126 valence electrons. The van der Waals surface area contributed by atoms with Crippen LogP contribution in [0.3, 0.4) is 0 Å². The van der Waals surface area contributed by atoms with Crippen LogP contribution >= 0.6 is 0 Å². The lowest BCUT2D eigenvalue weighted by Crippen LogP contribution is -2.37. The summed E-state index contributed by atoms with van der Waals surface area (Å²) in [5.41, 5.74) is 0.840. The average Bonchev–Trinajstić information content (AvgIpc) is 2.52. The van der Waals surface area contributed by atoms with Crippen molar-refractivity contribution in [3.8, 4) is 0 Å². The van der Waals surface area contributed by atoms with Gasteiger partial charge in [0.25, 0.3) is 0 Å². The first kappa shape index (κ1) is 17.3. The average molecular weight is 329 g/mol. The van der Waals surface area contributed by atoms with E-state index < -0.39 is 24.0 Å². The summed E-state index contributed by atoms with van der Waals surface area (Å²) in [6.07, 6.45) is -3.45. The molecule has 0 spiro atoms. The molecule has 1 aliphatic rings. The third-order valence-electron chi connectivity index (χ3n) is 4.18. The number of hydrogen-bond acceptors (Lipinski definition) is 2. The predicted octanol–water partition coefficient (Wildman–Crippen LogP) is 3.37. The van der Waals surface area contributed by atoms with Gasteiger partial charge >= 0.3 is 12.1 Å². The highest BCUT2D eigenvalue weighted by Crippen LogP contribution is 2.39. The molecule has 1 aliphatic carbocycles. The molecule has 0 bridgehead atoms. The minimum atomic E-state index is -4.24. The summed E-state index contributed by atoms with van der Waals surface area (Å²) in [4.78, 5) is 22.8. The highest BCUT2D eigenvalue weighted by Gasteiger charge is 2.43. The molecule has 4 nitrogen and oxygen atoms in total. The Morgan fingerprint density at radius 1 is 1.17 bits per heavy atom. The molecule has 1 aromatic rings. The van der Waals surface area contributed by atoms with Gasteiger partial charge in [0.2, 0.25) is 5.91 Å². The van der Waals surface area contributed by atoms with E-state index in [0.717, 1.165) is 0 Å². The van der Waals surface area contributed by atoms with E-state index in [1.807, 2.05) is 0 Å². The molecule has 0 aliphatic heterocycles. The molecule has 0 heterocycles. The predicted molar refractivity (Wildman–Crippen MR) is 76.8 cm³/mol. The second-order valence-electron chi connectivity index (χ2n) is 5.82. The van der Waals surface area contributed by atoms with Crippen molar-refractivity contribution in [3.05, 3.63) is 35.4 Å². The van der Waals surface area contributed by atoms with E-state index in [-0.39, 0.29) is 30.9 Å². The van der Waals surface area contributed by atoms with Gasteiger partial charge in [-0.3, -0.25) is 4.79 Å². The number of alkyl halides is 3. The third kappa shape index (κ3) is 4.71. The molecule has 2 unspecified atom stereocenters. The zero-order valence-corrected chi connectivity index (χ0v) is 12.4. The van der Waals surface area contributed by atoms with Crippen LogP contribution in [0.1, 0.15) is 41.6 Å². The number of rotatable bonds is 4. The maximum Gasteiger partial charge on any atom is 0.391 e. The fourth-order valence-corrected chi connectivity index (χ4v) is 2.82. The van der Waals surface area contributed by atoms with E-state index in [4.69, 9.17) is 5.11 Å². The largest absolute Gasteiger partial charge is 0.478 e. The molecule has 0 radical (unpaired) electrons. The van der Waals surface area contributed by atoms with Crippen LogP contribution in [-0.4, -0.2) is 23.2 Å². The number of benzene rings is 1. The Hall–Kier alpha value is -2.05. The number of nitrogens with one attached hydrogen (secondary N) is 1. The van der Waals surface area contributed by atoms with Gasteiger partial charge in [-0.15, -0.1) is 0 Å². The number of carbonyl (C=O) groups is 2. The van der Waals surface area contributed by atoms with Crippen LogP contribution < -0.4 is 5.32 Å². The molecule has 7 heteroatoms. The van der Waals surface area contributed by atoms with Crippen LogP contribution in [0.4, 0.5) is 13.2 Å². The summed E-state index contributed by atoms with van der Waals surface area (Å²) >= 11 is 0. The van der Waals surface area contributed by atoms with Gasteiger partial charge < -0.3 is 10.4 Å². The van der Waals surface area contributed by atoms with Crippen molar-refractivity contribution >= 4 is 11.9 Å². The van der Waals surface area contributed by atoms with E-state index in [1.54, 1.807) is 12.1 Å². The van der Waals surface area contributed by atoms with Crippen molar-refractivity contribution in [3.63, 3.8) is 0 Å². The Morgan fingerprint density at radius 2 is 1.83 bits per heavy atom. The molecule has 0 saturated heterocycles. The lowest BCUT2D eigenvalue weighted by Gasteiger charge is -2.29. The van der Waals surface area contributed by atoms with Crippen LogP contribution in [-0.2, 0) is 11.3 Å². The first-order valence-corrected chi connectivity index (χ1v) is 7.44. The first-order chi connectivity index (χ1) is 10.8. The van der Waals surface area contributed by atoms with Crippen molar-refractivity contribution < 1.29 is 27.9 Å². The minimum Gasteiger partial charge on any atom is -0.478 e. The molecule has 23 heavy (non-hydrogen) atoms. The highest BCUT2D eigenvalue weighted by atomic mass is 19.4.